The molecule has 9 nitrogen and oxygen atoms in total. The number of likely N-dealkylation sites (tertiary alicyclic amines) is 1. The number of hydrogen-bond donors (Lipinski definition) is 2. The SMILES string of the molecule is COc1cc(C2C(=C(O)c3ccccc3)C(=O)C(=O)N2CCC(=O)O)cc(OC)c1OC. The Morgan fingerprint density at radius 1 is 0.969 bits per heavy atom. The van der Waals surface area contributed by atoms with Crippen LogP contribution in [0.25, 0.3) is 5.76 Å². The number of carboxylic acids is 1. The molecule has 1 atom stereocenters. The van der Waals surface area contributed by atoms with E-state index in [1.807, 2.05) is 0 Å². The molecule has 1 unspecified atom stereocenters. The van der Waals surface area contributed by atoms with Gasteiger partial charge in [0.15, 0.2) is 11.5 Å². The van der Waals surface area contributed by atoms with E-state index >= 15 is 0 Å². The molecule has 3 rings (SSSR count). The summed E-state index contributed by atoms with van der Waals surface area (Å²) in [5, 5.41) is 20.1. The highest BCUT2D eigenvalue weighted by Gasteiger charge is 2.46. The molecule has 0 saturated carbocycles. The van der Waals surface area contributed by atoms with Crippen LogP contribution in [0.4, 0.5) is 0 Å². The summed E-state index contributed by atoms with van der Waals surface area (Å²) < 4.78 is 16.1. The average molecular weight is 441 g/mol. The lowest BCUT2D eigenvalue weighted by molar-refractivity contribution is -0.142. The number of methoxy groups -OCH3 is 3. The maximum Gasteiger partial charge on any atom is 0.305 e. The summed E-state index contributed by atoms with van der Waals surface area (Å²) in [6.07, 6.45) is -0.376. The number of nitrogens with zero attached hydrogens (tertiary/aromatic N) is 1. The van der Waals surface area contributed by atoms with Crippen molar-refractivity contribution in [1.29, 1.82) is 0 Å². The first kappa shape index (κ1) is 22.7. The van der Waals surface area contributed by atoms with Gasteiger partial charge in [0.05, 0.1) is 39.4 Å². The topological polar surface area (TPSA) is 123 Å². The summed E-state index contributed by atoms with van der Waals surface area (Å²) in [7, 11) is 4.28. The van der Waals surface area contributed by atoms with Gasteiger partial charge in [0.1, 0.15) is 5.76 Å². The van der Waals surface area contributed by atoms with Crippen LogP contribution in [-0.2, 0) is 14.4 Å². The molecular formula is C23H23NO8. The Morgan fingerprint density at radius 2 is 1.56 bits per heavy atom. The molecule has 9 heteroatoms. The van der Waals surface area contributed by atoms with Crippen LogP contribution < -0.4 is 14.2 Å². The van der Waals surface area contributed by atoms with Gasteiger partial charge in [-0.3, -0.25) is 14.4 Å². The Balaban J connectivity index is 2.25. The first-order chi connectivity index (χ1) is 15.3. The third kappa shape index (κ3) is 4.09. The number of aliphatic hydroxyl groups excluding tert-OH is 1. The van der Waals surface area contributed by atoms with Crippen molar-refractivity contribution in [2.45, 2.75) is 12.5 Å². The number of Topliss-reactive ketones (excluding diaryl/α,β-unsaturated/α-hetero) is 1. The second kappa shape index (κ2) is 9.42. The fourth-order valence-electron chi connectivity index (χ4n) is 3.68. The first-order valence-corrected chi connectivity index (χ1v) is 9.69. The van der Waals surface area contributed by atoms with Gasteiger partial charge in [-0.1, -0.05) is 30.3 Å². The standard InChI is InChI=1S/C23H23NO8/c1-30-15-11-14(12-16(31-2)22(15)32-3)19-18(20(27)13-7-5-4-6-8-13)21(28)23(29)24(19)10-9-17(25)26/h4-8,11-12,19,27H,9-10H2,1-3H3,(H,25,26). The molecule has 0 radical (unpaired) electrons. The van der Waals surface area contributed by atoms with Crippen molar-refractivity contribution in [3.8, 4) is 17.2 Å². The molecule has 32 heavy (non-hydrogen) atoms. The van der Waals surface area contributed by atoms with E-state index in [4.69, 9.17) is 19.3 Å². The maximum absolute atomic E-state index is 12.9. The van der Waals surface area contributed by atoms with Gasteiger partial charge in [0, 0.05) is 12.1 Å². The molecule has 1 amide bonds. The number of ether oxygens (including phenoxy) is 3. The number of rotatable bonds is 8. The molecular weight excluding hydrogens is 418 g/mol. The Labute approximate surface area is 184 Å². The number of carbonyl (C=O) groups is 3. The minimum Gasteiger partial charge on any atom is -0.507 e. The zero-order chi connectivity index (χ0) is 23.4. The van der Waals surface area contributed by atoms with Crippen LogP contribution in [-0.4, -0.2) is 60.6 Å². The number of amides is 1. The predicted octanol–water partition coefficient (Wildman–Crippen LogP) is 2.61. The summed E-state index contributed by atoms with van der Waals surface area (Å²) >= 11 is 0. The number of ketones is 1. The second-order valence-corrected chi connectivity index (χ2v) is 6.96. The highest BCUT2D eigenvalue weighted by atomic mass is 16.5. The van der Waals surface area contributed by atoms with Crippen LogP contribution in [0, 0.1) is 0 Å². The first-order valence-electron chi connectivity index (χ1n) is 9.69. The van der Waals surface area contributed by atoms with Crippen LogP contribution in [0.2, 0.25) is 0 Å². The van der Waals surface area contributed by atoms with E-state index in [1.165, 1.54) is 21.3 Å². The van der Waals surface area contributed by atoms with Gasteiger partial charge in [0.25, 0.3) is 11.7 Å². The zero-order valence-corrected chi connectivity index (χ0v) is 17.8. The number of carboxylic acid groups (broad SMARTS) is 1. The van der Waals surface area contributed by atoms with Crippen molar-refractivity contribution in [3.05, 3.63) is 59.2 Å². The number of hydrogen-bond acceptors (Lipinski definition) is 7. The summed E-state index contributed by atoms with van der Waals surface area (Å²) in [5.74, 6) is -2.42. The molecule has 0 spiro atoms. The quantitative estimate of drug-likeness (QED) is 0.364. The minimum absolute atomic E-state index is 0.152. The van der Waals surface area contributed by atoms with Crippen LogP contribution in [0.1, 0.15) is 23.6 Å². The van der Waals surface area contributed by atoms with E-state index in [-0.39, 0.29) is 35.8 Å². The van der Waals surface area contributed by atoms with Gasteiger partial charge >= 0.3 is 5.97 Å². The van der Waals surface area contributed by atoms with Gasteiger partial charge in [-0.15, -0.1) is 0 Å². The number of carbonyl (C=O) groups excluding carboxylic acids is 2. The average Bonchev–Trinajstić information content (AvgIpc) is 3.06. The zero-order valence-electron chi connectivity index (χ0n) is 17.8. The van der Waals surface area contributed by atoms with Crippen LogP contribution in [0.3, 0.4) is 0 Å². The van der Waals surface area contributed by atoms with Gasteiger partial charge in [0.2, 0.25) is 5.75 Å². The van der Waals surface area contributed by atoms with Crippen LogP contribution >= 0.6 is 0 Å². The Bertz CT molecular complexity index is 1050. The lowest BCUT2D eigenvalue weighted by atomic mass is 9.94. The minimum atomic E-state index is -1.13. The lowest BCUT2D eigenvalue weighted by Crippen LogP contribution is -2.31. The monoisotopic (exact) mass is 441 g/mol. The number of aliphatic hydroxyl groups is 1. The Kier molecular flexibility index (Phi) is 6.67. The number of benzene rings is 2. The van der Waals surface area contributed by atoms with Gasteiger partial charge in [-0.05, 0) is 17.7 Å². The largest absolute Gasteiger partial charge is 0.507 e. The van der Waals surface area contributed by atoms with E-state index in [0.29, 0.717) is 16.9 Å². The lowest BCUT2D eigenvalue weighted by Gasteiger charge is -2.26. The highest BCUT2D eigenvalue weighted by Crippen LogP contribution is 2.45. The summed E-state index contributed by atoms with van der Waals surface area (Å²) in [4.78, 5) is 38.1. The van der Waals surface area contributed by atoms with Gasteiger partial charge in [-0.2, -0.15) is 0 Å². The Hall–Kier alpha value is -4.01. The van der Waals surface area contributed by atoms with Crippen molar-refractivity contribution in [2.75, 3.05) is 27.9 Å². The molecule has 1 aliphatic rings. The van der Waals surface area contributed by atoms with E-state index in [1.54, 1.807) is 42.5 Å². The summed E-state index contributed by atoms with van der Waals surface area (Å²) in [6, 6.07) is 10.4. The smallest absolute Gasteiger partial charge is 0.305 e. The molecule has 1 heterocycles. The number of aliphatic carboxylic acids is 1. The highest BCUT2D eigenvalue weighted by molar-refractivity contribution is 6.46. The van der Waals surface area contributed by atoms with E-state index in [0.717, 1.165) is 4.90 Å². The molecule has 0 bridgehead atoms. The predicted molar refractivity (Wildman–Crippen MR) is 114 cm³/mol. The third-order valence-electron chi connectivity index (χ3n) is 5.16. The molecule has 0 aliphatic carbocycles. The molecule has 0 aromatic heterocycles. The fourth-order valence-corrected chi connectivity index (χ4v) is 3.68. The van der Waals surface area contributed by atoms with Gasteiger partial charge in [-0.25, -0.2) is 0 Å². The van der Waals surface area contributed by atoms with E-state index in [9.17, 15) is 19.5 Å². The van der Waals surface area contributed by atoms with Crippen molar-refractivity contribution in [2.24, 2.45) is 0 Å². The summed E-state index contributed by atoms with van der Waals surface area (Å²) in [5.41, 5.74) is 0.587. The molecule has 2 aromatic carbocycles. The molecule has 2 aromatic rings. The normalized spacial score (nSPS) is 17.3. The molecule has 2 N–H and O–H groups in total. The third-order valence-corrected chi connectivity index (χ3v) is 5.16. The molecule has 1 aliphatic heterocycles. The van der Waals surface area contributed by atoms with E-state index in [2.05, 4.69) is 0 Å². The molecule has 1 fully saturated rings. The van der Waals surface area contributed by atoms with Gasteiger partial charge < -0.3 is 29.3 Å². The summed E-state index contributed by atoms with van der Waals surface area (Å²) in [6.45, 7) is -0.229. The molecule has 168 valence electrons. The van der Waals surface area contributed by atoms with Crippen LogP contribution in [0.15, 0.2) is 48.0 Å². The van der Waals surface area contributed by atoms with Crippen molar-refractivity contribution < 1.29 is 38.8 Å². The van der Waals surface area contributed by atoms with Crippen molar-refractivity contribution >= 4 is 23.4 Å². The molecule has 1 saturated heterocycles. The van der Waals surface area contributed by atoms with Crippen molar-refractivity contribution in [1.82, 2.24) is 4.90 Å². The van der Waals surface area contributed by atoms with Crippen LogP contribution in [0.5, 0.6) is 17.2 Å². The Morgan fingerprint density at radius 3 is 2.06 bits per heavy atom. The second-order valence-electron chi connectivity index (χ2n) is 6.96. The van der Waals surface area contributed by atoms with E-state index < -0.39 is 23.7 Å². The van der Waals surface area contributed by atoms with Crippen molar-refractivity contribution in [3.63, 3.8) is 0 Å². The fraction of sp³-hybridized carbons (Fsp3) is 0.261. The maximum atomic E-state index is 12.9.